The zero-order chi connectivity index (χ0) is 14.5. The van der Waals surface area contributed by atoms with Gasteiger partial charge in [0.2, 0.25) is 0 Å². The number of nitrogens with zero attached hydrogens (tertiary/aromatic N) is 1. The number of hydrogen-bond acceptors (Lipinski definition) is 1. The van der Waals surface area contributed by atoms with Crippen LogP contribution in [0.2, 0.25) is 0 Å². The monoisotopic (exact) mass is 273 g/mol. The van der Waals surface area contributed by atoms with Crippen LogP contribution in [0.4, 0.5) is 11.4 Å². The molecule has 1 aromatic carbocycles. The Labute approximate surface area is 123 Å². The maximum absolute atomic E-state index is 2.69. The summed E-state index contributed by atoms with van der Waals surface area (Å²) in [6.07, 6.45) is 4.07. The van der Waals surface area contributed by atoms with Gasteiger partial charge in [0.15, 0.2) is 0 Å². The Balaban J connectivity index is 1.90. The van der Waals surface area contributed by atoms with Crippen LogP contribution in [0.3, 0.4) is 0 Å². The summed E-state index contributed by atoms with van der Waals surface area (Å²) in [5.41, 5.74) is 3.64. The molecule has 3 fully saturated rings. The number of hydrogen-bond donors (Lipinski definition) is 1. The molecule has 0 aromatic heterocycles. The Morgan fingerprint density at radius 1 is 1.10 bits per heavy atom. The zero-order valence-corrected chi connectivity index (χ0v) is 13.7. The van der Waals surface area contributed by atoms with Gasteiger partial charge in [0, 0.05) is 29.9 Å². The molecule has 0 spiro atoms. The molecule has 1 aromatic rings. The molecular formula is C18H29N2+. The normalized spacial score (nSPS) is 36.7. The third kappa shape index (κ3) is 2.05. The van der Waals surface area contributed by atoms with Crippen molar-refractivity contribution in [1.82, 2.24) is 0 Å². The van der Waals surface area contributed by atoms with Crippen molar-refractivity contribution < 1.29 is 4.90 Å². The number of rotatable bonds is 2. The minimum atomic E-state index is 0.365. The molecular weight excluding hydrogens is 244 g/mol. The molecule has 3 atom stereocenters. The van der Waals surface area contributed by atoms with E-state index < -0.39 is 0 Å². The second-order valence-corrected chi connectivity index (χ2v) is 7.89. The van der Waals surface area contributed by atoms with Crippen molar-refractivity contribution in [3.63, 3.8) is 0 Å². The van der Waals surface area contributed by atoms with Gasteiger partial charge in [0.1, 0.15) is 5.69 Å². The minimum absolute atomic E-state index is 0.365. The molecule has 20 heavy (non-hydrogen) atoms. The van der Waals surface area contributed by atoms with E-state index in [0.29, 0.717) is 11.0 Å². The number of anilines is 1. The van der Waals surface area contributed by atoms with Gasteiger partial charge < -0.3 is 9.80 Å². The first-order valence-corrected chi connectivity index (χ1v) is 8.02. The van der Waals surface area contributed by atoms with Crippen molar-refractivity contribution in [1.29, 1.82) is 0 Å². The Morgan fingerprint density at radius 2 is 1.75 bits per heavy atom. The highest BCUT2D eigenvalue weighted by Gasteiger charge is 2.52. The molecule has 0 radical (unpaired) electrons. The van der Waals surface area contributed by atoms with E-state index in [-0.39, 0.29) is 0 Å². The van der Waals surface area contributed by atoms with Crippen LogP contribution in [0.1, 0.15) is 40.0 Å². The highest BCUT2D eigenvalue weighted by molar-refractivity contribution is 5.54. The fourth-order valence-corrected chi connectivity index (χ4v) is 4.22. The van der Waals surface area contributed by atoms with E-state index in [1.165, 1.54) is 42.1 Å². The topological polar surface area (TPSA) is 7.68 Å². The lowest BCUT2D eigenvalue weighted by Gasteiger charge is -2.61. The molecule has 1 aliphatic carbocycles. The fraction of sp³-hybridized carbons (Fsp3) is 0.667. The number of fused-ring (bicyclic) bond motifs is 3. The predicted molar refractivity (Wildman–Crippen MR) is 85.8 cm³/mol. The van der Waals surface area contributed by atoms with Crippen molar-refractivity contribution in [3.8, 4) is 0 Å². The Morgan fingerprint density at radius 3 is 2.30 bits per heavy atom. The molecule has 2 bridgehead atoms. The fourth-order valence-electron chi connectivity index (χ4n) is 4.22. The first kappa shape index (κ1) is 13.9. The van der Waals surface area contributed by atoms with Gasteiger partial charge in [-0.05, 0) is 49.7 Å². The van der Waals surface area contributed by atoms with Gasteiger partial charge in [-0.2, -0.15) is 0 Å². The van der Waals surface area contributed by atoms with E-state index in [1.54, 1.807) is 0 Å². The number of benzene rings is 1. The van der Waals surface area contributed by atoms with Gasteiger partial charge in [-0.1, -0.05) is 13.8 Å². The van der Waals surface area contributed by atoms with Crippen molar-refractivity contribution in [2.24, 2.45) is 11.3 Å². The molecule has 1 saturated carbocycles. The maximum Gasteiger partial charge on any atom is 0.130 e. The summed E-state index contributed by atoms with van der Waals surface area (Å²) in [6.45, 7) is 8.63. The molecule has 2 heterocycles. The molecule has 4 rings (SSSR count). The lowest BCUT2D eigenvalue weighted by atomic mass is 9.58. The largest absolute Gasteiger partial charge is 0.366 e. The third-order valence-electron chi connectivity index (χ3n) is 6.10. The lowest BCUT2D eigenvalue weighted by molar-refractivity contribution is -0.786. The van der Waals surface area contributed by atoms with Crippen LogP contribution in [-0.2, 0) is 0 Å². The van der Waals surface area contributed by atoms with Gasteiger partial charge in [0.25, 0.3) is 0 Å². The maximum atomic E-state index is 2.69. The van der Waals surface area contributed by atoms with E-state index >= 15 is 0 Å². The molecule has 110 valence electrons. The van der Waals surface area contributed by atoms with Crippen LogP contribution in [0.5, 0.6) is 0 Å². The summed E-state index contributed by atoms with van der Waals surface area (Å²) in [7, 11) is 4.36. The standard InChI is InChI=1S/C18H28N2/c1-14-12-18(3)11-10-17(14,2)13-20(18)16-8-6-15(7-9-16)19(4)5/h6-9,14H,10-13H2,1-5H3/p+1/t14?,17-,18-/m1/s1. The molecule has 2 nitrogen and oxygen atoms in total. The Bertz CT molecular complexity index is 493. The Hall–Kier alpha value is -1.02. The van der Waals surface area contributed by atoms with Gasteiger partial charge in [-0.15, -0.1) is 0 Å². The van der Waals surface area contributed by atoms with E-state index in [9.17, 15) is 0 Å². The summed E-state index contributed by atoms with van der Waals surface area (Å²) in [5, 5.41) is 0. The summed E-state index contributed by atoms with van der Waals surface area (Å²) >= 11 is 0. The number of nitrogens with one attached hydrogen (secondary N) is 1. The summed E-state index contributed by atoms with van der Waals surface area (Å²) in [4.78, 5) is 4.08. The first-order chi connectivity index (χ1) is 9.34. The van der Waals surface area contributed by atoms with Crippen LogP contribution in [0.15, 0.2) is 24.3 Å². The molecule has 2 saturated heterocycles. The molecule has 3 aliphatic rings. The van der Waals surface area contributed by atoms with Gasteiger partial charge in [0.05, 0.1) is 14.1 Å². The van der Waals surface area contributed by atoms with Crippen molar-refractivity contribution in [3.05, 3.63) is 24.3 Å². The van der Waals surface area contributed by atoms with Gasteiger partial charge >= 0.3 is 0 Å². The molecule has 1 unspecified atom stereocenters. The van der Waals surface area contributed by atoms with E-state index in [0.717, 1.165) is 5.92 Å². The first-order valence-electron chi connectivity index (χ1n) is 8.02. The lowest BCUT2D eigenvalue weighted by Crippen LogP contribution is -3.00. The Kier molecular flexibility index (Phi) is 3.13. The molecule has 0 amide bonds. The second kappa shape index (κ2) is 4.49. The summed E-state index contributed by atoms with van der Waals surface area (Å²) in [6, 6.07) is 9.20. The van der Waals surface area contributed by atoms with Crippen LogP contribution in [-0.4, -0.2) is 26.2 Å². The molecule has 1 N–H and O–H groups in total. The van der Waals surface area contributed by atoms with Crippen LogP contribution in [0, 0.1) is 11.3 Å². The number of quaternary nitrogens is 1. The number of piperidine rings is 2. The summed E-state index contributed by atoms with van der Waals surface area (Å²) in [5.74, 6) is 0.850. The van der Waals surface area contributed by atoms with E-state index in [4.69, 9.17) is 0 Å². The third-order valence-corrected chi connectivity index (χ3v) is 6.10. The zero-order valence-electron chi connectivity index (χ0n) is 13.7. The molecule has 2 aliphatic heterocycles. The average molecular weight is 273 g/mol. The van der Waals surface area contributed by atoms with E-state index in [2.05, 4.69) is 64.0 Å². The highest BCUT2D eigenvalue weighted by Crippen LogP contribution is 2.54. The summed E-state index contributed by atoms with van der Waals surface area (Å²) < 4.78 is 0. The average Bonchev–Trinajstić information content (AvgIpc) is 2.41. The van der Waals surface area contributed by atoms with E-state index in [1.807, 2.05) is 0 Å². The second-order valence-electron chi connectivity index (χ2n) is 7.89. The van der Waals surface area contributed by atoms with Crippen molar-refractivity contribution in [2.75, 3.05) is 25.5 Å². The van der Waals surface area contributed by atoms with Crippen LogP contribution >= 0.6 is 0 Å². The highest BCUT2D eigenvalue weighted by atomic mass is 15.2. The minimum Gasteiger partial charge on any atom is -0.366 e. The van der Waals surface area contributed by atoms with Crippen LogP contribution in [0.25, 0.3) is 0 Å². The predicted octanol–water partition coefficient (Wildman–Crippen LogP) is 2.87. The van der Waals surface area contributed by atoms with Crippen LogP contribution < -0.4 is 9.80 Å². The smallest absolute Gasteiger partial charge is 0.130 e. The van der Waals surface area contributed by atoms with Gasteiger partial charge in [-0.3, -0.25) is 0 Å². The quantitative estimate of drug-likeness (QED) is 0.870. The van der Waals surface area contributed by atoms with Gasteiger partial charge in [-0.25, -0.2) is 0 Å². The van der Waals surface area contributed by atoms with Crippen molar-refractivity contribution >= 4 is 11.4 Å². The van der Waals surface area contributed by atoms with Crippen molar-refractivity contribution in [2.45, 2.75) is 45.6 Å². The SMILES string of the molecule is CC1C[C@@]2(C)CC[C@]1(C)CN2c1ccc([NH+](C)C)cc1. The molecule has 2 heteroatoms.